The van der Waals surface area contributed by atoms with Crippen molar-refractivity contribution >= 4 is 39.8 Å². The van der Waals surface area contributed by atoms with Gasteiger partial charge in [0.05, 0.1) is 24.4 Å². The molecule has 0 saturated carbocycles. The molecule has 180 valence electrons. The van der Waals surface area contributed by atoms with Gasteiger partial charge in [-0.2, -0.15) is 9.97 Å². The maximum absolute atomic E-state index is 12.3. The molecule has 1 amide bonds. The zero-order chi connectivity index (χ0) is 24.4. The monoisotopic (exact) mass is 489 g/mol. The predicted molar refractivity (Wildman–Crippen MR) is 139 cm³/mol. The number of piperazine rings is 1. The summed E-state index contributed by atoms with van der Waals surface area (Å²) in [5, 5.41) is 2.94. The summed E-state index contributed by atoms with van der Waals surface area (Å²) in [6.07, 6.45) is 1.50. The van der Waals surface area contributed by atoms with Crippen LogP contribution >= 0.6 is 11.6 Å². The fourth-order valence-electron chi connectivity index (χ4n) is 4.85. The summed E-state index contributed by atoms with van der Waals surface area (Å²) in [5.41, 5.74) is 3.23. The van der Waals surface area contributed by atoms with E-state index in [4.69, 9.17) is 26.3 Å². The molecule has 0 spiro atoms. The molecule has 0 radical (unpaired) electrons. The summed E-state index contributed by atoms with van der Waals surface area (Å²) in [4.78, 5) is 28.1. The molecular weight excluding hydrogens is 462 g/mol. The fraction of sp³-hybridized carbons (Fsp3) is 0.370. The number of amides is 1. The SMILES string of the molecule is CCC#CC(=O)N1CCN(c2nc(OC)nc3c2CCN(c2cccc4cccc(Cl)c24)C3)CC1. The van der Waals surface area contributed by atoms with Crippen molar-refractivity contribution < 1.29 is 9.53 Å². The number of carbonyl (C=O) groups excluding carboxylic acids is 1. The summed E-state index contributed by atoms with van der Waals surface area (Å²) < 4.78 is 5.47. The lowest BCUT2D eigenvalue weighted by molar-refractivity contribution is -0.125. The molecule has 35 heavy (non-hydrogen) atoms. The van der Waals surface area contributed by atoms with Gasteiger partial charge < -0.3 is 19.4 Å². The van der Waals surface area contributed by atoms with E-state index in [1.807, 2.05) is 24.0 Å². The lowest BCUT2D eigenvalue weighted by atomic mass is 10.0. The molecule has 0 aliphatic carbocycles. The van der Waals surface area contributed by atoms with Crippen molar-refractivity contribution in [1.29, 1.82) is 0 Å². The summed E-state index contributed by atoms with van der Waals surface area (Å²) in [5.74, 6) is 6.40. The van der Waals surface area contributed by atoms with Crippen molar-refractivity contribution in [3.05, 3.63) is 52.7 Å². The van der Waals surface area contributed by atoms with E-state index in [1.54, 1.807) is 7.11 Å². The first-order chi connectivity index (χ1) is 17.1. The molecule has 1 saturated heterocycles. The van der Waals surface area contributed by atoms with E-state index in [9.17, 15) is 4.79 Å². The van der Waals surface area contributed by atoms with E-state index in [2.05, 4.69) is 45.9 Å². The number of anilines is 2. The minimum atomic E-state index is -0.0989. The Morgan fingerprint density at radius 1 is 1.06 bits per heavy atom. The van der Waals surface area contributed by atoms with Gasteiger partial charge in [-0.15, -0.1) is 0 Å². The van der Waals surface area contributed by atoms with Crippen LogP contribution in [-0.4, -0.2) is 60.6 Å². The molecule has 3 heterocycles. The van der Waals surface area contributed by atoms with Gasteiger partial charge in [-0.3, -0.25) is 4.79 Å². The van der Waals surface area contributed by atoms with E-state index < -0.39 is 0 Å². The molecule has 0 unspecified atom stereocenters. The fourth-order valence-corrected chi connectivity index (χ4v) is 5.13. The molecule has 2 aliphatic heterocycles. The minimum absolute atomic E-state index is 0.0989. The average molecular weight is 490 g/mol. The second-order valence-corrected chi connectivity index (χ2v) is 9.09. The molecule has 0 N–H and O–H groups in total. The molecule has 8 heteroatoms. The van der Waals surface area contributed by atoms with Gasteiger partial charge in [0.1, 0.15) is 5.82 Å². The Bertz CT molecular complexity index is 1320. The number of carbonyl (C=O) groups is 1. The maximum atomic E-state index is 12.3. The number of halogens is 1. The van der Waals surface area contributed by atoms with Crippen molar-refractivity contribution in [3.8, 4) is 17.9 Å². The molecule has 3 aromatic rings. The standard InChI is InChI=1S/C27H28ClN5O2/c1-3-4-11-24(34)31-14-16-32(17-15-31)26-20-12-13-33(18-22(20)29-27(30-26)35-2)23-10-6-8-19-7-5-9-21(28)25(19)23/h5-10H,3,12-18H2,1-2H3. The summed E-state index contributed by atoms with van der Waals surface area (Å²) in [7, 11) is 1.60. The quantitative estimate of drug-likeness (QED) is 0.520. The van der Waals surface area contributed by atoms with Gasteiger partial charge >= 0.3 is 6.01 Å². The van der Waals surface area contributed by atoms with Crippen LogP contribution in [0.3, 0.4) is 0 Å². The Morgan fingerprint density at radius 3 is 2.57 bits per heavy atom. The molecular formula is C27H28ClN5O2. The number of rotatable bonds is 3. The molecule has 1 aromatic heterocycles. The summed E-state index contributed by atoms with van der Waals surface area (Å²) in [6.45, 7) is 6.09. The van der Waals surface area contributed by atoms with E-state index in [1.165, 1.54) is 0 Å². The van der Waals surface area contributed by atoms with Crippen molar-refractivity contribution in [2.24, 2.45) is 0 Å². The Hall–Kier alpha value is -3.50. The topological polar surface area (TPSA) is 61.8 Å². The van der Waals surface area contributed by atoms with Crippen LogP contribution in [0, 0.1) is 11.8 Å². The Balaban J connectivity index is 1.42. The smallest absolute Gasteiger partial charge is 0.318 e. The number of hydrogen-bond acceptors (Lipinski definition) is 6. The zero-order valence-electron chi connectivity index (χ0n) is 20.1. The highest BCUT2D eigenvalue weighted by Gasteiger charge is 2.29. The number of aromatic nitrogens is 2. The van der Waals surface area contributed by atoms with Gasteiger partial charge in [-0.1, -0.05) is 48.7 Å². The number of fused-ring (bicyclic) bond motifs is 2. The molecule has 0 bridgehead atoms. The number of benzene rings is 2. The van der Waals surface area contributed by atoms with Crippen molar-refractivity contribution in [2.45, 2.75) is 26.3 Å². The number of ether oxygens (including phenoxy) is 1. The average Bonchev–Trinajstić information content (AvgIpc) is 2.90. The van der Waals surface area contributed by atoms with Crippen LogP contribution in [0.15, 0.2) is 36.4 Å². The van der Waals surface area contributed by atoms with Crippen molar-refractivity contribution in [1.82, 2.24) is 14.9 Å². The van der Waals surface area contributed by atoms with Gasteiger partial charge in [0.25, 0.3) is 5.91 Å². The van der Waals surface area contributed by atoms with Gasteiger partial charge in [-0.05, 0) is 29.9 Å². The largest absolute Gasteiger partial charge is 0.467 e. The lowest BCUT2D eigenvalue weighted by Crippen LogP contribution is -2.49. The third kappa shape index (κ3) is 4.59. The normalized spacial score (nSPS) is 15.5. The zero-order valence-corrected chi connectivity index (χ0v) is 20.8. The summed E-state index contributed by atoms with van der Waals surface area (Å²) in [6, 6.07) is 12.6. The lowest BCUT2D eigenvalue weighted by Gasteiger charge is -2.37. The van der Waals surface area contributed by atoms with Gasteiger partial charge in [-0.25, -0.2) is 0 Å². The van der Waals surface area contributed by atoms with Crippen molar-refractivity contribution in [3.63, 3.8) is 0 Å². The molecule has 5 rings (SSSR count). The van der Waals surface area contributed by atoms with Crippen LogP contribution in [0.2, 0.25) is 5.02 Å². The summed E-state index contributed by atoms with van der Waals surface area (Å²) >= 11 is 6.60. The van der Waals surface area contributed by atoms with Crippen LogP contribution in [0.4, 0.5) is 11.5 Å². The third-order valence-electron chi connectivity index (χ3n) is 6.62. The van der Waals surface area contributed by atoms with Crippen LogP contribution in [0.1, 0.15) is 24.6 Å². The molecule has 1 fully saturated rings. The maximum Gasteiger partial charge on any atom is 0.318 e. The minimum Gasteiger partial charge on any atom is -0.467 e. The van der Waals surface area contributed by atoms with Gasteiger partial charge in [0.15, 0.2) is 0 Å². The second-order valence-electron chi connectivity index (χ2n) is 8.68. The van der Waals surface area contributed by atoms with Crippen LogP contribution in [0.25, 0.3) is 10.8 Å². The highest BCUT2D eigenvalue weighted by molar-refractivity contribution is 6.36. The molecule has 2 aliphatic rings. The Morgan fingerprint density at radius 2 is 1.83 bits per heavy atom. The Kier molecular flexibility index (Phi) is 6.65. The Labute approximate surface area is 210 Å². The van der Waals surface area contributed by atoms with Gasteiger partial charge in [0.2, 0.25) is 0 Å². The first-order valence-corrected chi connectivity index (χ1v) is 12.4. The number of nitrogens with zero attached hydrogens (tertiary/aromatic N) is 5. The first-order valence-electron chi connectivity index (χ1n) is 12.0. The van der Waals surface area contributed by atoms with Crippen LogP contribution < -0.4 is 14.5 Å². The number of methoxy groups -OCH3 is 1. The van der Waals surface area contributed by atoms with E-state index in [0.29, 0.717) is 45.2 Å². The van der Waals surface area contributed by atoms with Crippen molar-refractivity contribution in [2.75, 3.05) is 49.6 Å². The molecule has 7 nitrogen and oxygen atoms in total. The highest BCUT2D eigenvalue weighted by atomic mass is 35.5. The van der Waals surface area contributed by atoms with E-state index in [0.717, 1.165) is 51.5 Å². The highest BCUT2D eigenvalue weighted by Crippen LogP contribution is 2.36. The molecule has 0 atom stereocenters. The third-order valence-corrected chi connectivity index (χ3v) is 6.93. The van der Waals surface area contributed by atoms with E-state index in [-0.39, 0.29) is 5.91 Å². The predicted octanol–water partition coefficient (Wildman–Crippen LogP) is 3.92. The van der Waals surface area contributed by atoms with Crippen LogP contribution in [0.5, 0.6) is 6.01 Å². The van der Waals surface area contributed by atoms with Crippen LogP contribution in [-0.2, 0) is 17.8 Å². The number of hydrogen-bond donors (Lipinski definition) is 0. The second kappa shape index (κ2) is 10.0. The van der Waals surface area contributed by atoms with E-state index >= 15 is 0 Å². The molecule has 2 aromatic carbocycles. The van der Waals surface area contributed by atoms with Gasteiger partial charge in [0, 0.05) is 55.8 Å². The first kappa shape index (κ1) is 23.3.